The summed E-state index contributed by atoms with van der Waals surface area (Å²) < 4.78 is 23.0. The molecular formula is C14H21ClN2O3S. The van der Waals surface area contributed by atoms with Gasteiger partial charge in [0.1, 0.15) is 0 Å². The molecule has 1 fully saturated rings. The SMILES string of the molecule is CS(=O)(=O)c1cccc(C(=O)NC2(CN)CCCC2)c1.Cl. The fraction of sp³-hybridized carbons (Fsp3) is 0.500. The van der Waals surface area contributed by atoms with E-state index in [2.05, 4.69) is 5.32 Å². The lowest BCUT2D eigenvalue weighted by Crippen LogP contribution is -2.51. The highest BCUT2D eigenvalue weighted by Crippen LogP contribution is 2.29. The monoisotopic (exact) mass is 332 g/mol. The Balaban J connectivity index is 0.00000220. The van der Waals surface area contributed by atoms with E-state index in [1.807, 2.05) is 0 Å². The van der Waals surface area contributed by atoms with Gasteiger partial charge in [-0.1, -0.05) is 18.9 Å². The van der Waals surface area contributed by atoms with Gasteiger partial charge in [0.05, 0.1) is 10.4 Å². The predicted octanol–water partition coefficient (Wildman–Crippen LogP) is 1.51. The highest BCUT2D eigenvalue weighted by molar-refractivity contribution is 7.90. The number of rotatable bonds is 4. The maximum atomic E-state index is 12.3. The van der Waals surface area contributed by atoms with Crippen LogP contribution >= 0.6 is 12.4 Å². The quantitative estimate of drug-likeness (QED) is 0.874. The second-order valence-electron chi connectivity index (χ2n) is 5.45. The van der Waals surface area contributed by atoms with Crippen molar-refractivity contribution in [3.63, 3.8) is 0 Å². The van der Waals surface area contributed by atoms with Gasteiger partial charge < -0.3 is 11.1 Å². The Bertz CT molecular complexity index is 610. The Morgan fingerprint density at radius 3 is 2.48 bits per heavy atom. The summed E-state index contributed by atoms with van der Waals surface area (Å²) >= 11 is 0. The van der Waals surface area contributed by atoms with Crippen LogP contribution in [-0.4, -0.2) is 32.7 Å². The number of halogens is 1. The normalized spacial score (nSPS) is 17.0. The van der Waals surface area contributed by atoms with Crippen molar-refractivity contribution in [3.05, 3.63) is 29.8 Å². The second kappa shape index (κ2) is 6.77. The van der Waals surface area contributed by atoms with Crippen LogP contribution in [0.5, 0.6) is 0 Å². The summed E-state index contributed by atoms with van der Waals surface area (Å²) in [6.45, 7) is 0.407. The maximum absolute atomic E-state index is 12.3. The van der Waals surface area contributed by atoms with E-state index in [1.165, 1.54) is 12.1 Å². The van der Waals surface area contributed by atoms with E-state index in [0.29, 0.717) is 12.1 Å². The van der Waals surface area contributed by atoms with Crippen LogP contribution in [0.3, 0.4) is 0 Å². The van der Waals surface area contributed by atoms with Gasteiger partial charge in [-0.05, 0) is 31.0 Å². The zero-order valence-corrected chi connectivity index (χ0v) is 13.6. The van der Waals surface area contributed by atoms with Crippen molar-refractivity contribution in [1.29, 1.82) is 0 Å². The van der Waals surface area contributed by atoms with Crippen LogP contribution < -0.4 is 11.1 Å². The van der Waals surface area contributed by atoms with Crippen molar-refractivity contribution in [3.8, 4) is 0 Å². The highest BCUT2D eigenvalue weighted by atomic mass is 35.5. The lowest BCUT2D eigenvalue weighted by molar-refractivity contribution is 0.0903. The first-order chi connectivity index (χ1) is 9.36. The molecule has 1 aromatic carbocycles. The molecular weight excluding hydrogens is 312 g/mol. The number of carbonyl (C=O) groups is 1. The molecule has 1 aromatic rings. The van der Waals surface area contributed by atoms with E-state index in [1.54, 1.807) is 12.1 Å². The molecule has 0 radical (unpaired) electrons. The van der Waals surface area contributed by atoms with E-state index >= 15 is 0 Å². The Morgan fingerprint density at radius 1 is 1.33 bits per heavy atom. The average molecular weight is 333 g/mol. The molecule has 0 atom stereocenters. The summed E-state index contributed by atoms with van der Waals surface area (Å²) in [7, 11) is -3.31. The first kappa shape index (κ1) is 17.9. The van der Waals surface area contributed by atoms with Crippen LogP contribution in [0.15, 0.2) is 29.2 Å². The van der Waals surface area contributed by atoms with Gasteiger partial charge in [-0.3, -0.25) is 4.79 Å². The smallest absolute Gasteiger partial charge is 0.251 e. The first-order valence-electron chi connectivity index (χ1n) is 6.69. The molecule has 0 unspecified atom stereocenters. The average Bonchev–Trinajstić information content (AvgIpc) is 2.87. The molecule has 1 aliphatic rings. The molecule has 0 aliphatic heterocycles. The molecule has 21 heavy (non-hydrogen) atoms. The summed E-state index contributed by atoms with van der Waals surface area (Å²) in [6, 6.07) is 6.09. The Kier molecular flexibility index (Phi) is 5.78. The van der Waals surface area contributed by atoms with Crippen LogP contribution in [0.2, 0.25) is 0 Å². The molecule has 7 heteroatoms. The summed E-state index contributed by atoms with van der Waals surface area (Å²) in [4.78, 5) is 12.4. The third kappa shape index (κ3) is 4.18. The third-order valence-electron chi connectivity index (χ3n) is 3.85. The van der Waals surface area contributed by atoms with Crippen molar-refractivity contribution in [1.82, 2.24) is 5.32 Å². The van der Waals surface area contributed by atoms with Gasteiger partial charge in [-0.15, -0.1) is 12.4 Å². The first-order valence-corrected chi connectivity index (χ1v) is 8.58. The van der Waals surface area contributed by atoms with Crippen LogP contribution in [0.25, 0.3) is 0 Å². The predicted molar refractivity (Wildman–Crippen MR) is 84.5 cm³/mol. The zero-order valence-electron chi connectivity index (χ0n) is 12.0. The van der Waals surface area contributed by atoms with E-state index in [4.69, 9.17) is 5.73 Å². The molecule has 1 amide bonds. The summed E-state index contributed by atoms with van der Waals surface area (Å²) in [5.74, 6) is -0.261. The molecule has 0 bridgehead atoms. The maximum Gasteiger partial charge on any atom is 0.251 e. The topological polar surface area (TPSA) is 89.3 Å². The third-order valence-corrected chi connectivity index (χ3v) is 4.96. The molecule has 5 nitrogen and oxygen atoms in total. The number of nitrogens with two attached hydrogens (primary N) is 1. The second-order valence-corrected chi connectivity index (χ2v) is 7.46. The van der Waals surface area contributed by atoms with Crippen LogP contribution in [0, 0.1) is 0 Å². The van der Waals surface area contributed by atoms with Gasteiger partial charge in [-0.25, -0.2) is 8.42 Å². The number of amides is 1. The van der Waals surface area contributed by atoms with Gasteiger partial charge in [-0.2, -0.15) is 0 Å². The van der Waals surface area contributed by atoms with E-state index in [0.717, 1.165) is 31.9 Å². The molecule has 0 saturated heterocycles. The van der Waals surface area contributed by atoms with Gasteiger partial charge in [0.2, 0.25) is 0 Å². The van der Waals surface area contributed by atoms with Crippen molar-refractivity contribution in [2.45, 2.75) is 36.1 Å². The van der Waals surface area contributed by atoms with Crippen molar-refractivity contribution in [2.24, 2.45) is 5.73 Å². The lowest BCUT2D eigenvalue weighted by Gasteiger charge is -2.28. The number of hydrogen-bond acceptors (Lipinski definition) is 4. The fourth-order valence-corrected chi connectivity index (χ4v) is 3.28. The van der Waals surface area contributed by atoms with Gasteiger partial charge in [0, 0.05) is 18.4 Å². The summed E-state index contributed by atoms with van der Waals surface area (Å²) in [5.41, 5.74) is 5.80. The van der Waals surface area contributed by atoms with Crippen molar-refractivity contribution in [2.75, 3.05) is 12.8 Å². The summed E-state index contributed by atoms with van der Waals surface area (Å²) in [6.07, 6.45) is 4.99. The number of carbonyl (C=O) groups excluding carboxylic acids is 1. The zero-order chi connectivity index (χ0) is 14.8. The van der Waals surface area contributed by atoms with Gasteiger partial charge in [0.15, 0.2) is 9.84 Å². The number of hydrogen-bond donors (Lipinski definition) is 2. The van der Waals surface area contributed by atoms with Crippen LogP contribution in [0.4, 0.5) is 0 Å². The largest absolute Gasteiger partial charge is 0.345 e. The van der Waals surface area contributed by atoms with Gasteiger partial charge >= 0.3 is 0 Å². The molecule has 1 saturated carbocycles. The minimum atomic E-state index is -3.31. The molecule has 1 aliphatic carbocycles. The Hall–Kier alpha value is -1.11. The van der Waals surface area contributed by atoms with Crippen LogP contribution in [-0.2, 0) is 9.84 Å². The fourth-order valence-electron chi connectivity index (χ4n) is 2.61. The molecule has 0 heterocycles. The minimum Gasteiger partial charge on any atom is -0.345 e. The lowest BCUT2D eigenvalue weighted by atomic mass is 9.97. The highest BCUT2D eigenvalue weighted by Gasteiger charge is 2.34. The number of nitrogens with one attached hydrogen (secondary N) is 1. The number of benzene rings is 1. The Labute approximate surface area is 131 Å². The van der Waals surface area contributed by atoms with Crippen LogP contribution in [0.1, 0.15) is 36.0 Å². The molecule has 3 N–H and O–H groups in total. The molecule has 2 rings (SSSR count). The number of sulfone groups is 1. The minimum absolute atomic E-state index is 0. The molecule has 118 valence electrons. The van der Waals surface area contributed by atoms with E-state index in [9.17, 15) is 13.2 Å². The molecule has 0 aromatic heterocycles. The van der Waals surface area contributed by atoms with Crippen molar-refractivity contribution >= 4 is 28.2 Å². The van der Waals surface area contributed by atoms with Crippen molar-refractivity contribution < 1.29 is 13.2 Å². The van der Waals surface area contributed by atoms with E-state index < -0.39 is 9.84 Å². The standard InChI is InChI=1S/C14H20N2O3S.ClH/c1-20(18,19)12-6-4-5-11(9-12)13(17)16-14(10-15)7-2-3-8-14;/h4-6,9H,2-3,7-8,10,15H2,1H3,(H,16,17);1H. The Morgan fingerprint density at radius 2 is 1.95 bits per heavy atom. The van der Waals surface area contributed by atoms with Gasteiger partial charge in [0.25, 0.3) is 5.91 Å². The summed E-state index contributed by atoms with van der Waals surface area (Å²) in [5, 5.41) is 2.98. The molecule has 0 spiro atoms. The van der Waals surface area contributed by atoms with E-state index in [-0.39, 0.29) is 28.7 Å².